The first kappa shape index (κ1) is 19.4. The minimum absolute atomic E-state index is 0.0337. The molecular weight excluding hydrogens is 352 g/mol. The molecule has 0 radical (unpaired) electrons. The predicted molar refractivity (Wildman–Crippen MR) is 110 cm³/mol. The lowest BCUT2D eigenvalue weighted by atomic mass is 9.66. The Bertz CT molecular complexity index is 851. The number of ketones is 1. The molecule has 28 heavy (non-hydrogen) atoms. The monoisotopic (exact) mass is 384 g/mol. The van der Waals surface area contributed by atoms with Crippen LogP contribution in [0.2, 0.25) is 0 Å². The number of hydrogen-bond donors (Lipinski definition) is 1. The second-order valence-electron chi connectivity index (χ2n) is 9.66. The van der Waals surface area contributed by atoms with Crippen LogP contribution in [0, 0.1) is 5.92 Å². The van der Waals surface area contributed by atoms with Crippen LogP contribution < -0.4 is 9.47 Å². The Morgan fingerprint density at radius 3 is 2.71 bits per heavy atom. The molecule has 2 heterocycles. The number of carbonyl (C=O) groups excluding carboxylic acids is 1. The van der Waals surface area contributed by atoms with Gasteiger partial charge in [-0.2, -0.15) is 0 Å². The zero-order chi connectivity index (χ0) is 20.3. The maximum atomic E-state index is 12.4. The molecule has 0 amide bonds. The van der Waals surface area contributed by atoms with E-state index in [0.29, 0.717) is 28.9 Å². The van der Waals surface area contributed by atoms with Crippen molar-refractivity contribution in [2.45, 2.75) is 90.3 Å². The molecule has 4 atom stereocenters. The van der Waals surface area contributed by atoms with Crippen molar-refractivity contribution < 1.29 is 19.4 Å². The maximum absolute atomic E-state index is 12.4. The van der Waals surface area contributed by atoms with Crippen molar-refractivity contribution >= 4 is 5.78 Å². The first-order chi connectivity index (χ1) is 13.1. The van der Waals surface area contributed by atoms with Crippen LogP contribution in [0.3, 0.4) is 0 Å². The van der Waals surface area contributed by atoms with Gasteiger partial charge in [0.1, 0.15) is 34.0 Å². The highest BCUT2D eigenvalue weighted by Crippen LogP contribution is 2.61. The number of allylic oxidation sites excluding steroid dienone is 2. The molecule has 0 saturated heterocycles. The molecule has 152 valence electrons. The summed E-state index contributed by atoms with van der Waals surface area (Å²) in [5.74, 6) is 1.76. The third kappa shape index (κ3) is 3.01. The Kier molecular flexibility index (Phi) is 4.52. The van der Waals surface area contributed by atoms with Crippen LogP contribution in [0.25, 0.3) is 0 Å². The largest absolute Gasteiger partial charge is 0.507 e. The van der Waals surface area contributed by atoms with Gasteiger partial charge in [0.2, 0.25) is 0 Å². The van der Waals surface area contributed by atoms with Crippen LogP contribution in [0.15, 0.2) is 17.7 Å². The average molecular weight is 385 g/mol. The van der Waals surface area contributed by atoms with Crippen LogP contribution >= 0.6 is 0 Å². The van der Waals surface area contributed by atoms with E-state index < -0.39 is 0 Å². The Morgan fingerprint density at radius 1 is 1.29 bits per heavy atom. The van der Waals surface area contributed by atoms with Gasteiger partial charge in [0.25, 0.3) is 0 Å². The molecule has 3 aliphatic rings. The molecule has 4 heteroatoms. The van der Waals surface area contributed by atoms with Gasteiger partial charge in [0, 0.05) is 23.5 Å². The summed E-state index contributed by atoms with van der Waals surface area (Å²) in [5.41, 5.74) is 2.05. The minimum Gasteiger partial charge on any atom is -0.507 e. The lowest BCUT2D eigenvalue weighted by Gasteiger charge is -2.50. The first-order valence-corrected chi connectivity index (χ1v) is 10.6. The lowest BCUT2D eigenvalue weighted by Crippen LogP contribution is -2.50. The normalized spacial score (nSPS) is 32.6. The van der Waals surface area contributed by atoms with Crippen molar-refractivity contribution in [3.8, 4) is 17.2 Å². The number of benzene rings is 1. The number of aromatic hydroxyl groups is 1. The first-order valence-electron chi connectivity index (χ1n) is 10.6. The van der Waals surface area contributed by atoms with Gasteiger partial charge in [-0.05, 0) is 73.1 Å². The Morgan fingerprint density at radius 2 is 2.04 bits per heavy atom. The van der Waals surface area contributed by atoms with E-state index in [1.165, 1.54) is 12.5 Å². The molecule has 1 N–H and O–H groups in total. The van der Waals surface area contributed by atoms with E-state index in [9.17, 15) is 9.90 Å². The highest BCUT2D eigenvalue weighted by atomic mass is 16.5. The van der Waals surface area contributed by atoms with Crippen molar-refractivity contribution in [2.24, 2.45) is 5.92 Å². The molecule has 4 nitrogen and oxygen atoms in total. The molecule has 1 aliphatic carbocycles. The van der Waals surface area contributed by atoms with Crippen molar-refractivity contribution in [3.05, 3.63) is 28.8 Å². The summed E-state index contributed by atoms with van der Waals surface area (Å²) in [5, 5.41) is 10.6. The lowest BCUT2D eigenvalue weighted by molar-refractivity contribution is -0.0357. The molecule has 0 aromatic heterocycles. The summed E-state index contributed by atoms with van der Waals surface area (Å²) in [7, 11) is 0. The smallest absolute Gasteiger partial charge is 0.167 e. The summed E-state index contributed by atoms with van der Waals surface area (Å²) < 4.78 is 13.0. The van der Waals surface area contributed by atoms with Crippen LogP contribution in [0.4, 0.5) is 0 Å². The van der Waals surface area contributed by atoms with E-state index in [1.807, 2.05) is 0 Å². The van der Waals surface area contributed by atoms with Gasteiger partial charge in [-0.1, -0.05) is 11.6 Å². The fourth-order valence-corrected chi connectivity index (χ4v) is 5.71. The van der Waals surface area contributed by atoms with E-state index in [0.717, 1.165) is 44.1 Å². The van der Waals surface area contributed by atoms with Gasteiger partial charge in [-0.25, -0.2) is 0 Å². The molecule has 2 aliphatic heterocycles. The van der Waals surface area contributed by atoms with Gasteiger partial charge in [0.15, 0.2) is 5.78 Å². The van der Waals surface area contributed by atoms with E-state index in [1.54, 1.807) is 6.07 Å². The fraction of sp³-hybridized carbons (Fsp3) is 0.625. The fourth-order valence-electron chi connectivity index (χ4n) is 5.71. The highest BCUT2D eigenvalue weighted by molar-refractivity contribution is 6.00. The van der Waals surface area contributed by atoms with Gasteiger partial charge < -0.3 is 14.6 Å². The molecule has 1 aromatic carbocycles. The number of ether oxygens (including phenoxy) is 2. The second-order valence-corrected chi connectivity index (χ2v) is 9.66. The molecule has 2 bridgehead atoms. The molecule has 1 aromatic rings. The number of rotatable bonds is 4. The van der Waals surface area contributed by atoms with Gasteiger partial charge in [-0.15, -0.1) is 0 Å². The number of hydrogen-bond acceptors (Lipinski definition) is 4. The van der Waals surface area contributed by atoms with Crippen LogP contribution in [-0.4, -0.2) is 22.1 Å². The predicted octanol–water partition coefficient (Wildman–Crippen LogP) is 5.92. The van der Waals surface area contributed by atoms with Crippen molar-refractivity contribution in [1.82, 2.24) is 0 Å². The standard InChI is InChI=1S/C24H32O4/c1-14(2)8-6-11-24(5)17-9-7-10-23(4)13-16(17)21-19(27-23)12-18(26)20(15(3)25)22(21)28-24/h8,12,16-17,26H,6-7,9-11,13H2,1-5H3/t16?,17-,23+,24+/m0/s1. The molecule has 1 saturated carbocycles. The summed E-state index contributed by atoms with van der Waals surface area (Å²) in [6.45, 7) is 10.1. The Hall–Kier alpha value is -1.97. The quantitative estimate of drug-likeness (QED) is 0.517. The maximum Gasteiger partial charge on any atom is 0.167 e. The van der Waals surface area contributed by atoms with E-state index >= 15 is 0 Å². The summed E-state index contributed by atoms with van der Waals surface area (Å²) in [6.07, 6.45) is 8.27. The zero-order valence-corrected chi connectivity index (χ0v) is 17.7. The second kappa shape index (κ2) is 6.53. The topological polar surface area (TPSA) is 55.8 Å². The summed E-state index contributed by atoms with van der Waals surface area (Å²) in [6, 6.07) is 1.64. The molecule has 0 spiro atoms. The van der Waals surface area contributed by atoms with Gasteiger partial charge in [0.05, 0.1) is 0 Å². The van der Waals surface area contributed by atoms with Crippen LogP contribution in [0.1, 0.15) is 95.0 Å². The number of Topliss-reactive ketones (excluding diaryl/α,β-unsaturated/α-hetero) is 1. The van der Waals surface area contributed by atoms with Crippen molar-refractivity contribution in [3.63, 3.8) is 0 Å². The van der Waals surface area contributed by atoms with E-state index in [-0.39, 0.29) is 22.7 Å². The Labute approximate surface area is 167 Å². The number of phenolic OH excluding ortho intramolecular Hbond substituents is 1. The van der Waals surface area contributed by atoms with E-state index in [4.69, 9.17) is 9.47 Å². The van der Waals surface area contributed by atoms with Crippen molar-refractivity contribution in [2.75, 3.05) is 0 Å². The van der Waals surface area contributed by atoms with Crippen LogP contribution in [-0.2, 0) is 0 Å². The zero-order valence-electron chi connectivity index (χ0n) is 17.7. The highest BCUT2D eigenvalue weighted by Gasteiger charge is 2.54. The van der Waals surface area contributed by atoms with Gasteiger partial charge >= 0.3 is 0 Å². The minimum atomic E-state index is -0.360. The summed E-state index contributed by atoms with van der Waals surface area (Å²) in [4.78, 5) is 12.4. The average Bonchev–Trinajstić information content (AvgIpc) is 2.70. The Balaban J connectivity index is 1.88. The molecule has 4 rings (SSSR count). The number of fused-ring (bicyclic) bond motifs is 1. The third-order valence-electron chi connectivity index (χ3n) is 7.01. The third-order valence-corrected chi connectivity index (χ3v) is 7.01. The number of carbonyl (C=O) groups is 1. The van der Waals surface area contributed by atoms with E-state index in [2.05, 4.69) is 33.8 Å². The van der Waals surface area contributed by atoms with Gasteiger partial charge in [-0.3, -0.25) is 4.79 Å². The number of phenols is 1. The molecular formula is C24H32O4. The van der Waals surface area contributed by atoms with Crippen molar-refractivity contribution in [1.29, 1.82) is 0 Å². The molecule has 1 unspecified atom stereocenters. The summed E-state index contributed by atoms with van der Waals surface area (Å²) >= 11 is 0. The van der Waals surface area contributed by atoms with Crippen LogP contribution in [0.5, 0.6) is 17.2 Å². The SMILES string of the molecule is CC(=O)c1c(O)cc2c3c1O[C@](C)(CCC=C(C)C)[C@H]1CCC[C@](C)(CC31)O2. The molecule has 1 fully saturated rings.